The molecule has 0 spiro atoms. The van der Waals surface area contributed by atoms with Crippen LogP contribution >= 0.6 is 11.6 Å². The third-order valence-electron chi connectivity index (χ3n) is 3.41. The van der Waals surface area contributed by atoms with Crippen LogP contribution in [-0.4, -0.2) is 26.5 Å². The van der Waals surface area contributed by atoms with Gasteiger partial charge in [0.15, 0.2) is 0 Å². The Morgan fingerprint density at radius 3 is 2.50 bits per heavy atom. The lowest BCUT2D eigenvalue weighted by atomic mass is 10.0. The molecule has 0 N–H and O–H groups in total. The summed E-state index contributed by atoms with van der Waals surface area (Å²) in [5, 5.41) is 8.37. The minimum Gasteiger partial charge on any atom is -0.424 e. The zero-order valence-corrected chi connectivity index (χ0v) is 14.2. The lowest BCUT2D eigenvalue weighted by Crippen LogP contribution is -2.45. The molecule has 0 radical (unpaired) electrons. The van der Waals surface area contributed by atoms with Gasteiger partial charge in [0, 0.05) is 23.0 Å². The number of amides is 1. The number of benzene rings is 1. The fraction of sp³-hybridized carbons (Fsp3) is 0.438. The van der Waals surface area contributed by atoms with Crippen molar-refractivity contribution in [1.29, 1.82) is 0 Å². The maximum absolute atomic E-state index is 13.0. The molecule has 0 atom stereocenters. The van der Waals surface area contributed by atoms with Crippen LogP contribution in [0.2, 0.25) is 5.02 Å². The molecule has 0 aliphatic heterocycles. The maximum Gasteiger partial charge on any atom is 0.255 e. The van der Waals surface area contributed by atoms with Gasteiger partial charge in [-0.25, -0.2) is 0 Å². The molecule has 1 aromatic carbocycles. The summed E-state index contributed by atoms with van der Waals surface area (Å²) in [4.78, 5) is 14.7. The summed E-state index contributed by atoms with van der Waals surface area (Å²) >= 11 is 6.13. The molecular weight excluding hydrogens is 302 g/mol. The van der Waals surface area contributed by atoms with E-state index in [0.29, 0.717) is 22.4 Å². The third kappa shape index (κ3) is 3.47. The van der Waals surface area contributed by atoms with Crippen LogP contribution < -0.4 is 0 Å². The van der Waals surface area contributed by atoms with Gasteiger partial charge in [0.25, 0.3) is 5.91 Å². The number of carbonyl (C=O) groups excluding carboxylic acids is 1. The molecule has 0 fully saturated rings. The van der Waals surface area contributed by atoms with E-state index in [1.54, 1.807) is 30.0 Å². The second-order valence-electron chi connectivity index (χ2n) is 6.19. The van der Waals surface area contributed by atoms with Crippen LogP contribution in [0.3, 0.4) is 0 Å². The smallest absolute Gasteiger partial charge is 0.255 e. The van der Waals surface area contributed by atoms with E-state index in [4.69, 9.17) is 16.0 Å². The van der Waals surface area contributed by atoms with E-state index >= 15 is 0 Å². The Labute approximate surface area is 135 Å². The molecule has 0 saturated heterocycles. The molecule has 0 aliphatic rings. The van der Waals surface area contributed by atoms with E-state index in [-0.39, 0.29) is 12.5 Å². The van der Waals surface area contributed by atoms with Crippen LogP contribution in [0.4, 0.5) is 0 Å². The summed E-state index contributed by atoms with van der Waals surface area (Å²) in [5.74, 6) is 0.791. The van der Waals surface area contributed by atoms with E-state index in [0.717, 1.165) is 5.56 Å². The number of hydrogen-bond donors (Lipinski definition) is 0. The fourth-order valence-corrected chi connectivity index (χ4v) is 2.31. The molecule has 0 unspecified atom stereocenters. The van der Waals surface area contributed by atoms with E-state index in [2.05, 4.69) is 10.2 Å². The van der Waals surface area contributed by atoms with Crippen LogP contribution in [0.5, 0.6) is 0 Å². The normalized spacial score (nSPS) is 11.5. The van der Waals surface area contributed by atoms with Gasteiger partial charge in [-0.15, -0.1) is 10.2 Å². The van der Waals surface area contributed by atoms with Crippen molar-refractivity contribution < 1.29 is 9.21 Å². The Balaban J connectivity index is 2.37. The predicted molar refractivity (Wildman–Crippen MR) is 84.9 cm³/mol. The topological polar surface area (TPSA) is 59.2 Å². The van der Waals surface area contributed by atoms with Gasteiger partial charge in [0.2, 0.25) is 11.8 Å². The number of halogens is 1. The average molecular weight is 322 g/mol. The molecule has 2 rings (SSSR count). The zero-order valence-electron chi connectivity index (χ0n) is 13.5. The zero-order chi connectivity index (χ0) is 16.5. The average Bonchev–Trinajstić information content (AvgIpc) is 2.83. The highest BCUT2D eigenvalue weighted by Gasteiger charge is 2.30. The molecular formula is C16H20ClN3O2. The number of aromatic nitrogens is 2. The van der Waals surface area contributed by atoms with Crippen LogP contribution in [0.15, 0.2) is 22.6 Å². The first kappa shape index (κ1) is 16.5. The van der Waals surface area contributed by atoms with Crippen molar-refractivity contribution in [3.05, 3.63) is 46.1 Å². The molecule has 1 aromatic heterocycles. The van der Waals surface area contributed by atoms with Crippen LogP contribution in [0.1, 0.15) is 48.5 Å². The summed E-state index contributed by atoms with van der Waals surface area (Å²) < 4.78 is 5.41. The Kier molecular flexibility index (Phi) is 4.56. The number of hydrogen-bond acceptors (Lipinski definition) is 4. The first-order valence-corrected chi connectivity index (χ1v) is 7.44. The summed E-state index contributed by atoms with van der Waals surface area (Å²) in [6, 6.07) is 5.33. The Morgan fingerprint density at radius 2 is 1.95 bits per heavy atom. The third-order valence-corrected chi connectivity index (χ3v) is 3.82. The fourth-order valence-electron chi connectivity index (χ4n) is 2.13. The number of nitrogens with zero attached hydrogens (tertiary/aromatic N) is 3. The van der Waals surface area contributed by atoms with E-state index in [1.165, 1.54) is 0 Å². The quantitative estimate of drug-likeness (QED) is 0.863. The van der Waals surface area contributed by atoms with Crippen LogP contribution in [0, 0.1) is 13.8 Å². The van der Waals surface area contributed by atoms with Crippen molar-refractivity contribution in [2.75, 3.05) is 0 Å². The van der Waals surface area contributed by atoms with Crippen molar-refractivity contribution in [2.45, 2.75) is 46.7 Å². The van der Waals surface area contributed by atoms with Crippen molar-refractivity contribution in [1.82, 2.24) is 15.1 Å². The van der Waals surface area contributed by atoms with Gasteiger partial charge in [-0.3, -0.25) is 4.79 Å². The van der Waals surface area contributed by atoms with Crippen molar-refractivity contribution in [3.8, 4) is 0 Å². The van der Waals surface area contributed by atoms with Gasteiger partial charge in [0.05, 0.1) is 6.54 Å². The Bertz CT molecular complexity index is 689. The molecule has 6 heteroatoms. The maximum atomic E-state index is 13.0. The molecule has 22 heavy (non-hydrogen) atoms. The highest BCUT2D eigenvalue weighted by molar-refractivity contribution is 6.31. The lowest BCUT2D eigenvalue weighted by Gasteiger charge is -2.35. The summed E-state index contributed by atoms with van der Waals surface area (Å²) in [6.45, 7) is 9.72. The second-order valence-corrected chi connectivity index (χ2v) is 6.60. The molecule has 1 heterocycles. The number of aryl methyl sites for hydroxylation is 1. The van der Waals surface area contributed by atoms with Crippen molar-refractivity contribution in [2.24, 2.45) is 0 Å². The van der Waals surface area contributed by atoms with E-state index < -0.39 is 5.54 Å². The molecule has 118 valence electrons. The molecule has 0 bridgehead atoms. The van der Waals surface area contributed by atoms with Crippen LogP contribution in [-0.2, 0) is 6.54 Å². The molecule has 0 saturated carbocycles. The summed E-state index contributed by atoms with van der Waals surface area (Å²) in [6.07, 6.45) is 0. The number of carbonyl (C=O) groups is 1. The monoisotopic (exact) mass is 321 g/mol. The first-order chi connectivity index (χ1) is 10.2. The van der Waals surface area contributed by atoms with Gasteiger partial charge in [-0.1, -0.05) is 17.7 Å². The minimum absolute atomic E-state index is 0.108. The molecule has 5 nitrogen and oxygen atoms in total. The lowest BCUT2D eigenvalue weighted by molar-refractivity contribution is 0.0531. The highest BCUT2D eigenvalue weighted by atomic mass is 35.5. The van der Waals surface area contributed by atoms with Crippen molar-refractivity contribution >= 4 is 17.5 Å². The Morgan fingerprint density at radius 1 is 1.27 bits per heavy atom. The first-order valence-electron chi connectivity index (χ1n) is 7.06. The molecule has 1 amide bonds. The second kappa shape index (κ2) is 6.08. The van der Waals surface area contributed by atoms with Gasteiger partial charge in [-0.05, 0) is 45.4 Å². The molecule has 2 aromatic rings. The van der Waals surface area contributed by atoms with Crippen molar-refractivity contribution in [3.63, 3.8) is 0 Å². The van der Waals surface area contributed by atoms with Gasteiger partial charge in [0.1, 0.15) is 0 Å². The SMILES string of the molecule is Cc1nnc(CN(C(=O)c2cccc(Cl)c2C)C(C)(C)C)o1. The van der Waals surface area contributed by atoms with Gasteiger partial charge in [-0.2, -0.15) is 0 Å². The Hall–Kier alpha value is -1.88. The number of rotatable bonds is 3. The van der Waals surface area contributed by atoms with Crippen LogP contribution in [0.25, 0.3) is 0 Å². The largest absolute Gasteiger partial charge is 0.424 e. The van der Waals surface area contributed by atoms with E-state index in [1.807, 2.05) is 27.7 Å². The highest BCUT2D eigenvalue weighted by Crippen LogP contribution is 2.25. The summed E-state index contributed by atoms with van der Waals surface area (Å²) in [5.41, 5.74) is 0.956. The van der Waals surface area contributed by atoms with E-state index in [9.17, 15) is 4.79 Å². The minimum atomic E-state index is -0.395. The predicted octanol–water partition coefficient (Wildman–Crippen LogP) is 3.78. The molecule has 0 aliphatic carbocycles. The summed E-state index contributed by atoms with van der Waals surface area (Å²) in [7, 11) is 0. The van der Waals surface area contributed by atoms with Gasteiger partial charge < -0.3 is 9.32 Å². The van der Waals surface area contributed by atoms with Gasteiger partial charge >= 0.3 is 0 Å². The standard InChI is InChI=1S/C16H20ClN3O2/c1-10-12(7-6-8-13(10)17)15(21)20(16(3,4)5)9-14-19-18-11(2)22-14/h6-8H,9H2,1-5H3.